The molecule has 2 fully saturated rings. The van der Waals surface area contributed by atoms with Crippen molar-refractivity contribution in [3.63, 3.8) is 0 Å². The monoisotopic (exact) mass is 282 g/mol. The van der Waals surface area contributed by atoms with Gasteiger partial charge in [-0.2, -0.15) is 5.01 Å². The number of hydrogen-bond acceptors (Lipinski definition) is 4. The third-order valence-corrected chi connectivity index (χ3v) is 3.80. The highest BCUT2D eigenvalue weighted by molar-refractivity contribution is 6.08. The summed E-state index contributed by atoms with van der Waals surface area (Å²) in [5.41, 5.74) is 1.58. The standard InChI is InChI=1S/C13H22N4O3/c1-9(2)3-4-10(18)16-17-11(19)13(15-12(17)20)5-7-14-8-6-13/h9,14H,3-8H2,1-2H3,(H,15,20)(H,16,18). The quantitative estimate of drug-likeness (QED) is 0.639. The molecule has 20 heavy (non-hydrogen) atoms. The molecular weight excluding hydrogens is 260 g/mol. The van der Waals surface area contributed by atoms with Gasteiger partial charge < -0.3 is 10.6 Å². The Hall–Kier alpha value is -1.63. The molecule has 0 aromatic rings. The zero-order valence-corrected chi connectivity index (χ0v) is 12.0. The lowest BCUT2D eigenvalue weighted by Crippen LogP contribution is -2.55. The Kier molecular flexibility index (Phi) is 4.27. The van der Waals surface area contributed by atoms with Crippen LogP contribution < -0.4 is 16.1 Å². The number of amides is 4. The van der Waals surface area contributed by atoms with Crippen molar-refractivity contribution in [1.82, 2.24) is 21.1 Å². The fourth-order valence-corrected chi connectivity index (χ4v) is 2.51. The predicted molar refractivity (Wildman–Crippen MR) is 72.4 cm³/mol. The van der Waals surface area contributed by atoms with Crippen molar-refractivity contribution in [2.75, 3.05) is 13.1 Å². The minimum Gasteiger partial charge on any atom is -0.321 e. The number of rotatable bonds is 4. The van der Waals surface area contributed by atoms with E-state index in [-0.39, 0.29) is 11.8 Å². The first-order valence-corrected chi connectivity index (χ1v) is 7.11. The van der Waals surface area contributed by atoms with Crippen molar-refractivity contribution in [2.45, 2.75) is 45.1 Å². The second-order valence-corrected chi connectivity index (χ2v) is 5.87. The topological polar surface area (TPSA) is 90.5 Å². The van der Waals surface area contributed by atoms with E-state index in [1.165, 1.54) is 0 Å². The fraction of sp³-hybridized carbons (Fsp3) is 0.769. The van der Waals surface area contributed by atoms with Gasteiger partial charge in [0.15, 0.2) is 0 Å². The van der Waals surface area contributed by atoms with Crippen LogP contribution in [0.5, 0.6) is 0 Å². The maximum absolute atomic E-state index is 12.4. The van der Waals surface area contributed by atoms with Crippen LogP contribution in [0.4, 0.5) is 4.79 Å². The molecular formula is C13H22N4O3. The first-order chi connectivity index (χ1) is 9.44. The number of carbonyl (C=O) groups excluding carboxylic acids is 3. The molecule has 7 nitrogen and oxygen atoms in total. The molecule has 4 amide bonds. The van der Waals surface area contributed by atoms with E-state index in [4.69, 9.17) is 0 Å². The number of nitrogens with zero attached hydrogens (tertiary/aromatic N) is 1. The Balaban J connectivity index is 1.97. The first kappa shape index (κ1) is 14.8. The maximum atomic E-state index is 12.4. The molecule has 2 rings (SSSR count). The molecule has 112 valence electrons. The predicted octanol–water partition coefficient (Wildman–Crippen LogP) is 0.128. The van der Waals surface area contributed by atoms with Crippen molar-refractivity contribution < 1.29 is 14.4 Å². The van der Waals surface area contributed by atoms with Gasteiger partial charge in [-0.05, 0) is 38.3 Å². The number of urea groups is 1. The molecule has 0 saturated carbocycles. The van der Waals surface area contributed by atoms with Crippen LogP contribution in [0.15, 0.2) is 0 Å². The van der Waals surface area contributed by atoms with E-state index in [1.807, 2.05) is 13.8 Å². The van der Waals surface area contributed by atoms with Gasteiger partial charge in [0.2, 0.25) is 5.91 Å². The van der Waals surface area contributed by atoms with Crippen LogP contribution in [0.25, 0.3) is 0 Å². The van der Waals surface area contributed by atoms with Crippen LogP contribution in [0.2, 0.25) is 0 Å². The van der Waals surface area contributed by atoms with Gasteiger partial charge in [-0.1, -0.05) is 13.8 Å². The minimum absolute atomic E-state index is 0.298. The van der Waals surface area contributed by atoms with Gasteiger partial charge in [0, 0.05) is 6.42 Å². The van der Waals surface area contributed by atoms with E-state index in [0.29, 0.717) is 38.3 Å². The Morgan fingerprint density at radius 2 is 2.00 bits per heavy atom. The Labute approximate surface area is 118 Å². The molecule has 0 unspecified atom stereocenters. The van der Waals surface area contributed by atoms with E-state index >= 15 is 0 Å². The summed E-state index contributed by atoms with van der Waals surface area (Å²) in [4.78, 5) is 36.0. The molecule has 0 aromatic heterocycles. The zero-order valence-electron chi connectivity index (χ0n) is 12.0. The molecule has 2 aliphatic rings. The zero-order chi connectivity index (χ0) is 14.8. The number of nitrogens with one attached hydrogen (secondary N) is 3. The normalized spacial score (nSPS) is 21.4. The highest BCUT2D eigenvalue weighted by atomic mass is 16.2. The lowest BCUT2D eigenvalue weighted by Gasteiger charge is -2.30. The summed E-state index contributed by atoms with van der Waals surface area (Å²) in [5, 5.41) is 6.71. The summed E-state index contributed by atoms with van der Waals surface area (Å²) < 4.78 is 0. The second kappa shape index (κ2) is 5.78. The van der Waals surface area contributed by atoms with Crippen molar-refractivity contribution in [1.29, 1.82) is 0 Å². The van der Waals surface area contributed by atoms with Crippen molar-refractivity contribution in [3.8, 4) is 0 Å². The summed E-state index contributed by atoms with van der Waals surface area (Å²) in [5.74, 6) is -0.241. The van der Waals surface area contributed by atoms with Gasteiger partial charge in [0.1, 0.15) is 5.54 Å². The fourth-order valence-electron chi connectivity index (χ4n) is 2.51. The van der Waals surface area contributed by atoms with E-state index in [2.05, 4.69) is 16.1 Å². The van der Waals surface area contributed by atoms with Crippen LogP contribution in [0.1, 0.15) is 39.5 Å². The average molecular weight is 282 g/mol. The summed E-state index contributed by atoms with van der Waals surface area (Å²) in [7, 11) is 0. The van der Waals surface area contributed by atoms with Crippen LogP contribution in [0, 0.1) is 5.92 Å². The Bertz CT molecular complexity index is 416. The summed E-state index contributed by atoms with van der Waals surface area (Å²) >= 11 is 0. The number of piperidine rings is 1. The van der Waals surface area contributed by atoms with E-state index in [0.717, 1.165) is 11.4 Å². The molecule has 0 atom stereocenters. The highest BCUT2D eigenvalue weighted by Gasteiger charge is 2.52. The third-order valence-electron chi connectivity index (χ3n) is 3.80. The number of hydrogen-bond donors (Lipinski definition) is 3. The van der Waals surface area contributed by atoms with Crippen LogP contribution in [0.3, 0.4) is 0 Å². The molecule has 1 spiro atoms. The largest absolute Gasteiger partial charge is 0.344 e. The van der Waals surface area contributed by atoms with Gasteiger partial charge in [-0.3, -0.25) is 15.0 Å². The van der Waals surface area contributed by atoms with E-state index < -0.39 is 11.6 Å². The number of imide groups is 1. The van der Waals surface area contributed by atoms with Gasteiger partial charge in [0.05, 0.1) is 0 Å². The van der Waals surface area contributed by atoms with E-state index in [9.17, 15) is 14.4 Å². The van der Waals surface area contributed by atoms with Crippen molar-refractivity contribution in [2.24, 2.45) is 5.92 Å². The van der Waals surface area contributed by atoms with Crippen LogP contribution in [-0.4, -0.2) is 41.5 Å². The summed E-state index contributed by atoms with van der Waals surface area (Å²) in [6.07, 6.45) is 2.14. The summed E-state index contributed by atoms with van der Waals surface area (Å²) in [6.45, 7) is 5.40. The molecule has 0 aliphatic carbocycles. The molecule has 3 N–H and O–H groups in total. The Morgan fingerprint density at radius 1 is 1.35 bits per heavy atom. The highest BCUT2D eigenvalue weighted by Crippen LogP contribution is 2.25. The van der Waals surface area contributed by atoms with Gasteiger partial charge in [-0.25, -0.2) is 4.79 Å². The molecule has 7 heteroatoms. The van der Waals surface area contributed by atoms with Crippen LogP contribution >= 0.6 is 0 Å². The lowest BCUT2D eigenvalue weighted by atomic mass is 9.89. The molecule has 2 aliphatic heterocycles. The van der Waals surface area contributed by atoms with Gasteiger partial charge in [0.25, 0.3) is 5.91 Å². The Morgan fingerprint density at radius 3 is 2.60 bits per heavy atom. The minimum atomic E-state index is -0.840. The second-order valence-electron chi connectivity index (χ2n) is 5.87. The van der Waals surface area contributed by atoms with Gasteiger partial charge in [-0.15, -0.1) is 0 Å². The van der Waals surface area contributed by atoms with Crippen LogP contribution in [-0.2, 0) is 9.59 Å². The number of carbonyl (C=O) groups is 3. The lowest BCUT2D eigenvalue weighted by molar-refractivity contribution is -0.139. The smallest absolute Gasteiger partial charge is 0.321 e. The molecule has 0 aromatic carbocycles. The SMILES string of the molecule is CC(C)CCC(=O)NN1C(=O)NC2(CCNCC2)C1=O. The first-order valence-electron chi connectivity index (χ1n) is 7.11. The maximum Gasteiger partial charge on any atom is 0.344 e. The summed E-state index contributed by atoms with van der Waals surface area (Å²) in [6, 6.07) is -0.533. The average Bonchev–Trinajstić information content (AvgIpc) is 2.62. The van der Waals surface area contributed by atoms with Crippen molar-refractivity contribution >= 4 is 17.8 Å². The molecule has 2 saturated heterocycles. The molecule has 0 radical (unpaired) electrons. The van der Waals surface area contributed by atoms with Crippen molar-refractivity contribution in [3.05, 3.63) is 0 Å². The number of hydrazine groups is 1. The molecule has 2 heterocycles. The van der Waals surface area contributed by atoms with E-state index in [1.54, 1.807) is 0 Å². The third kappa shape index (κ3) is 2.92. The molecule has 0 bridgehead atoms. The van der Waals surface area contributed by atoms with Gasteiger partial charge >= 0.3 is 6.03 Å².